The molecule has 0 saturated heterocycles. The first kappa shape index (κ1) is 13.1. The fourth-order valence-corrected chi connectivity index (χ4v) is 2.00. The summed E-state index contributed by atoms with van der Waals surface area (Å²) in [5.41, 5.74) is 2.20. The zero-order chi connectivity index (χ0) is 12.0. The Morgan fingerprint density at radius 1 is 1.19 bits per heavy atom. The molecule has 0 heterocycles. The van der Waals surface area contributed by atoms with Gasteiger partial charge in [0.1, 0.15) is 0 Å². The van der Waals surface area contributed by atoms with Crippen LogP contribution >= 0.6 is 0 Å². The molecule has 0 aliphatic heterocycles. The molecule has 1 aromatic carbocycles. The van der Waals surface area contributed by atoms with E-state index >= 15 is 0 Å². The Morgan fingerprint density at radius 2 is 1.75 bits per heavy atom. The highest BCUT2D eigenvalue weighted by Gasteiger charge is 2.31. The maximum Gasteiger partial charge on any atom is 0.497 e. The van der Waals surface area contributed by atoms with Crippen LogP contribution in [-0.2, 0) is 19.9 Å². The molecule has 0 aliphatic carbocycles. The van der Waals surface area contributed by atoms with E-state index in [-0.39, 0.29) is 0 Å². The lowest BCUT2D eigenvalue weighted by molar-refractivity contribution is 0.0987. The average molecular weight is 238 g/mol. The van der Waals surface area contributed by atoms with Gasteiger partial charge >= 0.3 is 8.80 Å². The van der Waals surface area contributed by atoms with E-state index < -0.39 is 8.80 Å². The van der Waals surface area contributed by atoms with E-state index in [9.17, 15) is 0 Å². The van der Waals surface area contributed by atoms with Gasteiger partial charge in [-0.15, -0.1) is 0 Å². The molecule has 1 aromatic rings. The van der Waals surface area contributed by atoms with Gasteiger partial charge in [0.25, 0.3) is 0 Å². The van der Waals surface area contributed by atoms with Gasteiger partial charge in [0.2, 0.25) is 0 Å². The molecule has 0 amide bonds. The minimum absolute atomic E-state index is 0.502. The Bertz CT molecular complexity index is 331. The topological polar surface area (TPSA) is 27.7 Å². The predicted octanol–water partition coefficient (Wildman–Crippen LogP) is 2.71. The first-order chi connectivity index (χ1) is 7.63. The zero-order valence-corrected chi connectivity index (χ0v) is 11.0. The quantitative estimate of drug-likeness (QED) is 0.713. The van der Waals surface area contributed by atoms with Crippen molar-refractivity contribution >= 4 is 14.9 Å². The van der Waals surface area contributed by atoms with Crippen LogP contribution in [-0.4, -0.2) is 23.0 Å². The summed E-state index contributed by atoms with van der Waals surface area (Å²) in [5.74, 6) is 0. The predicted molar refractivity (Wildman–Crippen MR) is 67.0 cm³/mol. The molecule has 0 spiro atoms. The van der Waals surface area contributed by atoms with Crippen LogP contribution in [0, 0.1) is 0 Å². The lowest BCUT2D eigenvalue weighted by Crippen LogP contribution is -2.39. The van der Waals surface area contributed by atoms with Crippen molar-refractivity contribution in [2.45, 2.75) is 13.2 Å². The maximum atomic E-state index is 5.66. The Balaban J connectivity index is 2.57. The van der Waals surface area contributed by atoms with Crippen molar-refractivity contribution < 1.29 is 13.3 Å². The molecule has 88 valence electrons. The van der Waals surface area contributed by atoms with Crippen molar-refractivity contribution in [3.05, 3.63) is 42.0 Å². The smallest absolute Gasteiger partial charge is 0.377 e. The molecule has 0 aliphatic rings. The van der Waals surface area contributed by atoms with Crippen molar-refractivity contribution in [3.8, 4) is 0 Å². The third-order valence-corrected chi connectivity index (χ3v) is 4.61. The third kappa shape index (κ3) is 3.57. The van der Waals surface area contributed by atoms with Gasteiger partial charge in [-0.3, -0.25) is 0 Å². The van der Waals surface area contributed by atoms with E-state index in [1.165, 1.54) is 0 Å². The van der Waals surface area contributed by atoms with Gasteiger partial charge in [-0.2, -0.15) is 0 Å². The Labute approximate surface area is 98.0 Å². The van der Waals surface area contributed by atoms with Crippen LogP contribution in [0.15, 0.2) is 30.8 Å². The van der Waals surface area contributed by atoms with Gasteiger partial charge in [0.15, 0.2) is 0 Å². The van der Waals surface area contributed by atoms with Crippen LogP contribution < -0.4 is 0 Å². The number of rotatable bonds is 6. The molecule has 0 aromatic heterocycles. The number of hydrogen-bond acceptors (Lipinski definition) is 3. The molecule has 1 rings (SSSR count). The Kier molecular flexibility index (Phi) is 4.89. The van der Waals surface area contributed by atoms with Gasteiger partial charge in [-0.05, 0) is 11.1 Å². The molecule has 0 unspecified atom stereocenters. The fourth-order valence-electron chi connectivity index (χ4n) is 1.17. The monoisotopic (exact) mass is 238 g/mol. The Morgan fingerprint density at radius 3 is 2.19 bits per heavy atom. The normalized spacial score (nSPS) is 11.4. The summed E-state index contributed by atoms with van der Waals surface area (Å²) < 4.78 is 16.1. The second kappa shape index (κ2) is 5.96. The van der Waals surface area contributed by atoms with Gasteiger partial charge < -0.3 is 13.3 Å². The van der Waals surface area contributed by atoms with Gasteiger partial charge in [-0.1, -0.05) is 36.9 Å². The van der Waals surface area contributed by atoms with Crippen LogP contribution in [0.5, 0.6) is 0 Å². The number of hydrogen-bond donors (Lipinski definition) is 0. The molecule has 0 saturated carbocycles. The summed E-state index contributed by atoms with van der Waals surface area (Å²) in [6.45, 7) is 6.08. The maximum absolute atomic E-state index is 5.66. The third-order valence-electron chi connectivity index (χ3n) is 2.46. The molecule has 0 bridgehead atoms. The first-order valence-electron chi connectivity index (χ1n) is 5.09. The lowest BCUT2D eigenvalue weighted by atomic mass is 10.1. The van der Waals surface area contributed by atoms with E-state index in [0.717, 1.165) is 11.1 Å². The van der Waals surface area contributed by atoms with Crippen molar-refractivity contribution in [1.82, 2.24) is 0 Å². The van der Waals surface area contributed by atoms with E-state index in [0.29, 0.717) is 6.61 Å². The molecule has 0 N–H and O–H groups in total. The summed E-state index contributed by atoms with van der Waals surface area (Å²) in [6, 6.07) is 8.03. The molecule has 0 radical (unpaired) electrons. The largest absolute Gasteiger partial charge is 0.497 e. The molecule has 3 nitrogen and oxygen atoms in total. The summed E-state index contributed by atoms with van der Waals surface area (Å²) in [6.07, 6.45) is 1.81. The standard InChI is InChI=1S/C12H18O3Si/c1-5-11-6-8-12(9-7-11)10-15-16(4,13-2)14-3/h5-9H,1,10H2,2-4H3. The molecular weight excluding hydrogens is 220 g/mol. The van der Waals surface area contributed by atoms with Crippen molar-refractivity contribution in [2.24, 2.45) is 0 Å². The minimum atomic E-state index is -2.42. The minimum Gasteiger partial charge on any atom is -0.377 e. The molecule has 4 heteroatoms. The second-order valence-electron chi connectivity index (χ2n) is 3.51. The first-order valence-corrected chi connectivity index (χ1v) is 7.31. The van der Waals surface area contributed by atoms with Crippen LogP contribution in [0.3, 0.4) is 0 Å². The summed E-state index contributed by atoms with van der Waals surface area (Å²) >= 11 is 0. The summed E-state index contributed by atoms with van der Waals surface area (Å²) in [7, 11) is 0.793. The van der Waals surface area contributed by atoms with E-state index in [2.05, 4.69) is 6.58 Å². The molecular formula is C12H18O3Si. The highest BCUT2D eigenvalue weighted by atomic mass is 28.4. The molecule has 16 heavy (non-hydrogen) atoms. The van der Waals surface area contributed by atoms with Crippen molar-refractivity contribution in [1.29, 1.82) is 0 Å². The lowest BCUT2D eigenvalue weighted by Gasteiger charge is -2.21. The van der Waals surface area contributed by atoms with Crippen LogP contribution in [0.2, 0.25) is 6.55 Å². The van der Waals surface area contributed by atoms with Gasteiger partial charge in [-0.25, -0.2) is 0 Å². The molecule has 0 atom stereocenters. The van der Waals surface area contributed by atoms with Gasteiger partial charge in [0, 0.05) is 20.8 Å². The summed E-state index contributed by atoms with van der Waals surface area (Å²) in [5, 5.41) is 0. The molecule has 0 fully saturated rings. The SMILES string of the molecule is C=Cc1ccc(CO[Si](C)(OC)OC)cc1. The second-order valence-corrected chi connectivity index (χ2v) is 6.33. The van der Waals surface area contributed by atoms with Crippen LogP contribution in [0.1, 0.15) is 11.1 Å². The Hall–Kier alpha value is -0.943. The van der Waals surface area contributed by atoms with Crippen molar-refractivity contribution in [2.75, 3.05) is 14.2 Å². The average Bonchev–Trinajstić information content (AvgIpc) is 2.36. The van der Waals surface area contributed by atoms with E-state index in [1.807, 2.05) is 36.9 Å². The highest BCUT2D eigenvalue weighted by molar-refractivity contribution is 6.59. The zero-order valence-electron chi connectivity index (χ0n) is 10.0. The van der Waals surface area contributed by atoms with Crippen LogP contribution in [0.25, 0.3) is 6.08 Å². The van der Waals surface area contributed by atoms with Crippen molar-refractivity contribution in [3.63, 3.8) is 0 Å². The van der Waals surface area contributed by atoms with E-state index in [1.54, 1.807) is 14.2 Å². The van der Waals surface area contributed by atoms with Gasteiger partial charge in [0.05, 0.1) is 6.61 Å². The van der Waals surface area contributed by atoms with E-state index in [4.69, 9.17) is 13.3 Å². The fraction of sp³-hybridized carbons (Fsp3) is 0.333. The van der Waals surface area contributed by atoms with Crippen LogP contribution in [0.4, 0.5) is 0 Å². The highest BCUT2D eigenvalue weighted by Crippen LogP contribution is 2.12. The number of benzene rings is 1. The summed E-state index contributed by atoms with van der Waals surface area (Å²) in [4.78, 5) is 0.